The standard InChI is InChI=1S/C25H32N4/c1-8-23-15-25(29(27-23)17-21(7)12-10-11-19(3)4)22-13-14-24(9-2)28(18-22)26-16-20(5)6/h8-16,18,20H,1,7,17H2,2-6H3/b12-10-,24-9+,26-16-. The van der Waals surface area contributed by atoms with E-state index < -0.39 is 0 Å². The van der Waals surface area contributed by atoms with Crippen molar-refractivity contribution >= 4 is 17.9 Å². The Kier molecular flexibility index (Phi) is 7.96. The number of hydrogen-bond donors (Lipinski definition) is 0. The molecule has 4 heteroatoms. The topological polar surface area (TPSA) is 33.4 Å². The normalized spacial score (nSPS) is 15.6. The van der Waals surface area contributed by atoms with Crippen LogP contribution < -0.4 is 0 Å². The molecule has 1 aromatic heterocycles. The van der Waals surface area contributed by atoms with E-state index in [9.17, 15) is 0 Å². The number of hydrogen-bond acceptors (Lipinski definition) is 3. The molecule has 29 heavy (non-hydrogen) atoms. The van der Waals surface area contributed by atoms with Crippen molar-refractivity contribution in [2.24, 2.45) is 11.0 Å². The van der Waals surface area contributed by atoms with Gasteiger partial charge in [0.05, 0.1) is 23.6 Å². The zero-order valence-corrected chi connectivity index (χ0v) is 18.3. The SMILES string of the molecule is C=Cc1cc(C2=CN(/N=C\C(C)C)/C(=C/C)C=C2)n(CC(=C)/C=C\C=C(C)C)n1. The van der Waals surface area contributed by atoms with E-state index in [1.165, 1.54) is 5.57 Å². The van der Waals surface area contributed by atoms with Gasteiger partial charge in [-0.15, -0.1) is 0 Å². The summed E-state index contributed by atoms with van der Waals surface area (Å²) in [5, 5.41) is 11.2. The van der Waals surface area contributed by atoms with Gasteiger partial charge in [-0.2, -0.15) is 10.2 Å². The molecule has 2 rings (SSSR count). The summed E-state index contributed by atoms with van der Waals surface area (Å²) in [6.45, 7) is 19.0. The molecule has 0 radical (unpaired) electrons. The van der Waals surface area contributed by atoms with E-state index in [-0.39, 0.29) is 0 Å². The molecule has 0 aromatic carbocycles. The van der Waals surface area contributed by atoms with Gasteiger partial charge < -0.3 is 0 Å². The van der Waals surface area contributed by atoms with Gasteiger partial charge in [0, 0.05) is 18.0 Å². The monoisotopic (exact) mass is 388 g/mol. The highest BCUT2D eigenvalue weighted by molar-refractivity contribution is 5.75. The third-order valence-corrected chi connectivity index (χ3v) is 4.16. The minimum Gasteiger partial charge on any atom is -0.260 e. The van der Waals surface area contributed by atoms with E-state index in [1.54, 1.807) is 6.08 Å². The zero-order chi connectivity index (χ0) is 21.4. The van der Waals surface area contributed by atoms with E-state index in [1.807, 2.05) is 53.3 Å². The highest BCUT2D eigenvalue weighted by Gasteiger charge is 2.15. The Morgan fingerprint density at radius 3 is 2.66 bits per heavy atom. The number of hydrazone groups is 1. The molecule has 152 valence electrons. The maximum atomic E-state index is 4.67. The van der Waals surface area contributed by atoms with Crippen molar-refractivity contribution in [1.29, 1.82) is 0 Å². The van der Waals surface area contributed by atoms with E-state index in [0.717, 1.165) is 28.2 Å². The van der Waals surface area contributed by atoms with Gasteiger partial charge in [-0.1, -0.05) is 56.9 Å². The molecule has 4 nitrogen and oxygen atoms in total. The second kappa shape index (κ2) is 10.4. The first-order chi connectivity index (χ1) is 13.8. The maximum Gasteiger partial charge on any atom is 0.0851 e. The lowest BCUT2D eigenvalue weighted by Gasteiger charge is -2.21. The lowest BCUT2D eigenvalue weighted by molar-refractivity contribution is 0.509. The van der Waals surface area contributed by atoms with Crippen LogP contribution in [0.1, 0.15) is 46.0 Å². The number of rotatable bonds is 8. The fourth-order valence-corrected chi connectivity index (χ4v) is 2.70. The van der Waals surface area contributed by atoms with Gasteiger partial charge in [0.1, 0.15) is 0 Å². The molecule has 0 saturated carbocycles. The van der Waals surface area contributed by atoms with Crippen LogP contribution >= 0.6 is 0 Å². The largest absolute Gasteiger partial charge is 0.260 e. The highest BCUT2D eigenvalue weighted by Crippen LogP contribution is 2.26. The molecular formula is C25H32N4. The Hall–Kier alpha value is -3.14. The molecule has 1 aromatic rings. The third kappa shape index (κ3) is 6.46. The fraction of sp³-hybridized carbons (Fsp3) is 0.280. The molecule has 0 fully saturated rings. The molecule has 0 N–H and O–H groups in total. The molecule has 0 saturated heterocycles. The van der Waals surface area contributed by atoms with Crippen molar-refractivity contribution in [2.75, 3.05) is 0 Å². The van der Waals surface area contributed by atoms with E-state index in [0.29, 0.717) is 12.5 Å². The first kappa shape index (κ1) is 22.2. The quantitative estimate of drug-likeness (QED) is 0.383. The predicted molar refractivity (Wildman–Crippen MR) is 126 cm³/mol. The molecule has 2 heterocycles. The molecule has 0 unspecified atom stereocenters. The second-order valence-electron chi connectivity index (χ2n) is 7.56. The Labute approximate surface area is 175 Å². The van der Waals surface area contributed by atoms with Crippen molar-refractivity contribution in [3.8, 4) is 0 Å². The van der Waals surface area contributed by atoms with Crippen LogP contribution in [0.25, 0.3) is 11.6 Å². The van der Waals surface area contributed by atoms with Crippen LogP contribution in [0, 0.1) is 5.92 Å². The molecule has 0 bridgehead atoms. The minimum absolute atomic E-state index is 0.379. The first-order valence-electron chi connectivity index (χ1n) is 9.93. The summed E-state index contributed by atoms with van der Waals surface area (Å²) >= 11 is 0. The Bertz CT molecular complexity index is 926. The van der Waals surface area contributed by atoms with Gasteiger partial charge in [-0.3, -0.25) is 4.68 Å². The van der Waals surface area contributed by atoms with Gasteiger partial charge in [-0.25, -0.2) is 5.01 Å². The molecule has 0 spiro atoms. The molecule has 1 aliphatic rings. The van der Waals surface area contributed by atoms with Crippen molar-refractivity contribution in [3.63, 3.8) is 0 Å². The lowest BCUT2D eigenvalue weighted by atomic mass is 10.1. The Balaban J connectivity index is 2.36. The maximum absolute atomic E-state index is 4.67. The van der Waals surface area contributed by atoms with Gasteiger partial charge in [0.15, 0.2) is 0 Å². The highest BCUT2D eigenvalue weighted by atomic mass is 15.4. The molecule has 0 atom stereocenters. The summed E-state index contributed by atoms with van der Waals surface area (Å²) in [6.07, 6.45) is 18.1. The van der Waals surface area contributed by atoms with Crippen LogP contribution in [0.4, 0.5) is 0 Å². The van der Waals surface area contributed by atoms with Gasteiger partial charge >= 0.3 is 0 Å². The van der Waals surface area contributed by atoms with E-state index >= 15 is 0 Å². The molecule has 0 aliphatic carbocycles. The van der Waals surface area contributed by atoms with Crippen molar-refractivity contribution in [1.82, 2.24) is 14.8 Å². The summed E-state index contributed by atoms with van der Waals surface area (Å²) in [6, 6.07) is 2.04. The zero-order valence-electron chi connectivity index (χ0n) is 18.3. The number of aromatic nitrogens is 2. The van der Waals surface area contributed by atoms with E-state index in [4.69, 9.17) is 0 Å². The summed E-state index contributed by atoms with van der Waals surface area (Å²) in [5.41, 5.74) is 6.15. The second-order valence-corrected chi connectivity index (χ2v) is 7.56. The predicted octanol–water partition coefficient (Wildman–Crippen LogP) is 6.36. The third-order valence-electron chi connectivity index (χ3n) is 4.16. The van der Waals surface area contributed by atoms with Crippen LogP contribution in [0.3, 0.4) is 0 Å². The summed E-state index contributed by atoms with van der Waals surface area (Å²) < 4.78 is 1.97. The molecule has 0 amide bonds. The van der Waals surface area contributed by atoms with Crippen LogP contribution in [0.2, 0.25) is 0 Å². The van der Waals surface area contributed by atoms with Crippen LogP contribution in [-0.2, 0) is 6.54 Å². The molecule has 1 aliphatic heterocycles. The summed E-state index contributed by atoms with van der Waals surface area (Å²) in [5.74, 6) is 0.379. The van der Waals surface area contributed by atoms with Crippen LogP contribution in [-0.4, -0.2) is 21.0 Å². The van der Waals surface area contributed by atoms with Crippen molar-refractivity contribution < 1.29 is 0 Å². The average molecular weight is 389 g/mol. The smallest absolute Gasteiger partial charge is 0.0851 e. The Morgan fingerprint density at radius 1 is 1.28 bits per heavy atom. The summed E-state index contributed by atoms with van der Waals surface area (Å²) in [7, 11) is 0. The van der Waals surface area contributed by atoms with Crippen LogP contribution in [0.5, 0.6) is 0 Å². The summed E-state index contributed by atoms with van der Waals surface area (Å²) in [4.78, 5) is 0. The van der Waals surface area contributed by atoms with Gasteiger partial charge in [-0.05, 0) is 56.6 Å². The number of nitrogens with zero attached hydrogens (tertiary/aromatic N) is 4. The van der Waals surface area contributed by atoms with Crippen LogP contribution in [0.15, 0.2) is 83.8 Å². The average Bonchev–Trinajstić information content (AvgIpc) is 3.08. The first-order valence-corrected chi connectivity index (χ1v) is 9.93. The minimum atomic E-state index is 0.379. The number of allylic oxidation sites excluding steroid dienone is 9. The van der Waals surface area contributed by atoms with Crippen molar-refractivity contribution in [3.05, 3.63) is 90.1 Å². The molecular weight excluding hydrogens is 356 g/mol. The van der Waals surface area contributed by atoms with E-state index in [2.05, 4.69) is 69.3 Å². The Morgan fingerprint density at radius 2 is 2.03 bits per heavy atom. The van der Waals surface area contributed by atoms with Gasteiger partial charge in [0.2, 0.25) is 0 Å². The fourth-order valence-electron chi connectivity index (χ4n) is 2.70. The lowest BCUT2D eigenvalue weighted by Crippen LogP contribution is -2.14. The van der Waals surface area contributed by atoms with Crippen molar-refractivity contribution in [2.45, 2.75) is 41.2 Å². The van der Waals surface area contributed by atoms with Gasteiger partial charge in [0.25, 0.3) is 0 Å².